The molecule has 1 unspecified atom stereocenters. The Bertz CT molecular complexity index is 289. The Balaban J connectivity index is 2.46. The third kappa shape index (κ3) is 3.88. The highest BCUT2D eigenvalue weighted by Gasteiger charge is 2.09. The molecule has 0 fully saturated rings. The SMILES string of the molecule is C=C(c1ccccc1)C(O)CCCCC. The Morgan fingerprint density at radius 1 is 1.27 bits per heavy atom. The maximum atomic E-state index is 9.90. The molecule has 15 heavy (non-hydrogen) atoms. The van der Waals surface area contributed by atoms with Crippen LogP contribution < -0.4 is 0 Å². The fraction of sp³-hybridized carbons (Fsp3) is 0.429. The van der Waals surface area contributed by atoms with E-state index in [4.69, 9.17) is 0 Å². The van der Waals surface area contributed by atoms with E-state index in [0.717, 1.165) is 24.0 Å². The smallest absolute Gasteiger partial charge is 0.0790 e. The summed E-state index contributed by atoms with van der Waals surface area (Å²) >= 11 is 0. The molecule has 0 aliphatic rings. The van der Waals surface area contributed by atoms with Gasteiger partial charge in [-0.25, -0.2) is 0 Å². The van der Waals surface area contributed by atoms with Crippen molar-refractivity contribution in [3.63, 3.8) is 0 Å². The van der Waals surface area contributed by atoms with E-state index in [1.807, 2.05) is 30.3 Å². The molecule has 1 atom stereocenters. The standard InChI is InChI=1S/C14H20O/c1-3-4-6-11-14(15)12(2)13-9-7-5-8-10-13/h5,7-10,14-15H,2-4,6,11H2,1H3. The Hall–Kier alpha value is -1.08. The van der Waals surface area contributed by atoms with Gasteiger partial charge in [-0.05, 0) is 17.6 Å². The summed E-state index contributed by atoms with van der Waals surface area (Å²) in [6.45, 7) is 6.12. The summed E-state index contributed by atoms with van der Waals surface area (Å²) in [5, 5.41) is 9.90. The van der Waals surface area contributed by atoms with Crippen molar-refractivity contribution in [2.45, 2.75) is 38.7 Å². The summed E-state index contributed by atoms with van der Waals surface area (Å²) in [4.78, 5) is 0. The molecule has 0 bridgehead atoms. The summed E-state index contributed by atoms with van der Waals surface area (Å²) in [5.74, 6) is 0. The van der Waals surface area contributed by atoms with E-state index in [2.05, 4.69) is 13.5 Å². The van der Waals surface area contributed by atoms with Gasteiger partial charge in [0.25, 0.3) is 0 Å². The van der Waals surface area contributed by atoms with Crippen LogP contribution in [0.15, 0.2) is 36.9 Å². The highest BCUT2D eigenvalue weighted by atomic mass is 16.3. The van der Waals surface area contributed by atoms with Crippen molar-refractivity contribution in [2.75, 3.05) is 0 Å². The Kier molecular flexibility index (Phi) is 5.13. The summed E-state index contributed by atoms with van der Waals surface area (Å²) in [7, 11) is 0. The third-order valence-electron chi connectivity index (χ3n) is 2.63. The van der Waals surface area contributed by atoms with Gasteiger partial charge in [-0.2, -0.15) is 0 Å². The summed E-state index contributed by atoms with van der Waals surface area (Å²) < 4.78 is 0. The molecule has 0 saturated carbocycles. The fourth-order valence-electron chi connectivity index (χ4n) is 1.61. The molecule has 0 saturated heterocycles. The van der Waals surface area contributed by atoms with Gasteiger partial charge in [0.05, 0.1) is 6.10 Å². The van der Waals surface area contributed by atoms with Crippen LogP contribution in [0.4, 0.5) is 0 Å². The predicted molar refractivity (Wildman–Crippen MR) is 65.6 cm³/mol. The first-order valence-electron chi connectivity index (χ1n) is 5.68. The van der Waals surface area contributed by atoms with Crippen LogP contribution in [0.3, 0.4) is 0 Å². The lowest BCUT2D eigenvalue weighted by Crippen LogP contribution is -2.08. The van der Waals surface area contributed by atoms with Crippen molar-refractivity contribution in [3.8, 4) is 0 Å². The minimum Gasteiger partial charge on any atom is -0.388 e. The molecular weight excluding hydrogens is 184 g/mol. The van der Waals surface area contributed by atoms with Crippen molar-refractivity contribution in [1.29, 1.82) is 0 Å². The first-order valence-corrected chi connectivity index (χ1v) is 5.68. The minimum atomic E-state index is -0.390. The summed E-state index contributed by atoms with van der Waals surface area (Å²) in [6.07, 6.45) is 3.87. The van der Waals surface area contributed by atoms with Gasteiger partial charge in [-0.3, -0.25) is 0 Å². The molecule has 1 rings (SSSR count). The topological polar surface area (TPSA) is 20.2 Å². The molecular formula is C14H20O. The van der Waals surface area contributed by atoms with Gasteiger partial charge in [0.2, 0.25) is 0 Å². The highest BCUT2D eigenvalue weighted by Crippen LogP contribution is 2.19. The Morgan fingerprint density at radius 2 is 1.93 bits per heavy atom. The van der Waals surface area contributed by atoms with Crippen molar-refractivity contribution in [2.24, 2.45) is 0 Å². The normalized spacial score (nSPS) is 12.4. The van der Waals surface area contributed by atoms with Crippen LogP contribution in [0, 0.1) is 0 Å². The second-order valence-corrected chi connectivity index (χ2v) is 3.90. The first kappa shape index (κ1) is 12.0. The van der Waals surface area contributed by atoms with Gasteiger partial charge >= 0.3 is 0 Å². The molecule has 0 spiro atoms. The minimum absolute atomic E-state index is 0.390. The van der Waals surface area contributed by atoms with Gasteiger partial charge in [-0.15, -0.1) is 0 Å². The number of benzene rings is 1. The van der Waals surface area contributed by atoms with Crippen molar-refractivity contribution >= 4 is 5.57 Å². The molecule has 0 aliphatic heterocycles. The molecule has 1 aromatic carbocycles. The zero-order valence-electron chi connectivity index (χ0n) is 9.45. The van der Waals surface area contributed by atoms with Gasteiger partial charge < -0.3 is 5.11 Å². The largest absolute Gasteiger partial charge is 0.388 e. The first-order chi connectivity index (χ1) is 7.25. The molecule has 0 radical (unpaired) electrons. The van der Waals surface area contributed by atoms with Crippen LogP contribution in [0.5, 0.6) is 0 Å². The Labute approximate surface area is 92.5 Å². The van der Waals surface area contributed by atoms with Gasteiger partial charge in [-0.1, -0.05) is 63.1 Å². The fourth-order valence-corrected chi connectivity index (χ4v) is 1.61. The number of hydrogen-bond donors (Lipinski definition) is 1. The number of aliphatic hydroxyl groups excluding tert-OH is 1. The van der Waals surface area contributed by atoms with Gasteiger partial charge in [0, 0.05) is 0 Å². The van der Waals surface area contributed by atoms with Crippen LogP contribution in [-0.2, 0) is 0 Å². The molecule has 1 N–H and O–H groups in total. The number of aliphatic hydroxyl groups is 1. The lowest BCUT2D eigenvalue weighted by molar-refractivity contribution is 0.218. The average Bonchev–Trinajstić information content (AvgIpc) is 2.29. The number of unbranched alkanes of at least 4 members (excludes halogenated alkanes) is 2. The predicted octanol–water partition coefficient (Wildman–Crippen LogP) is 3.64. The van der Waals surface area contributed by atoms with Crippen molar-refractivity contribution in [3.05, 3.63) is 42.5 Å². The lowest BCUT2D eigenvalue weighted by Gasteiger charge is -2.13. The average molecular weight is 204 g/mol. The maximum Gasteiger partial charge on any atom is 0.0790 e. The third-order valence-corrected chi connectivity index (χ3v) is 2.63. The van der Waals surface area contributed by atoms with Crippen LogP contribution >= 0.6 is 0 Å². The molecule has 0 heterocycles. The molecule has 0 aromatic heterocycles. The molecule has 1 heteroatoms. The molecule has 1 nitrogen and oxygen atoms in total. The molecule has 1 aromatic rings. The van der Waals surface area contributed by atoms with E-state index < -0.39 is 0 Å². The van der Waals surface area contributed by atoms with Crippen LogP contribution in [0.1, 0.15) is 38.2 Å². The van der Waals surface area contributed by atoms with Crippen LogP contribution in [0.25, 0.3) is 5.57 Å². The number of hydrogen-bond acceptors (Lipinski definition) is 1. The van der Waals surface area contributed by atoms with E-state index in [-0.39, 0.29) is 6.10 Å². The van der Waals surface area contributed by atoms with Crippen LogP contribution in [0.2, 0.25) is 0 Å². The van der Waals surface area contributed by atoms with E-state index >= 15 is 0 Å². The second kappa shape index (κ2) is 6.41. The van der Waals surface area contributed by atoms with E-state index in [0.29, 0.717) is 0 Å². The van der Waals surface area contributed by atoms with E-state index in [1.165, 1.54) is 12.8 Å². The van der Waals surface area contributed by atoms with Crippen LogP contribution in [-0.4, -0.2) is 11.2 Å². The monoisotopic (exact) mass is 204 g/mol. The Morgan fingerprint density at radius 3 is 2.53 bits per heavy atom. The quantitative estimate of drug-likeness (QED) is 0.701. The summed E-state index contributed by atoms with van der Waals surface area (Å²) in [6, 6.07) is 9.90. The zero-order chi connectivity index (χ0) is 11.1. The second-order valence-electron chi connectivity index (χ2n) is 3.90. The highest BCUT2D eigenvalue weighted by molar-refractivity contribution is 5.66. The van der Waals surface area contributed by atoms with E-state index in [1.54, 1.807) is 0 Å². The zero-order valence-corrected chi connectivity index (χ0v) is 9.45. The lowest BCUT2D eigenvalue weighted by atomic mass is 9.98. The maximum absolute atomic E-state index is 9.90. The van der Waals surface area contributed by atoms with Crippen molar-refractivity contribution in [1.82, 2.24) is 0 Å². The van der Waals surface area contributed by atoms with Gasteiger partial charge in [0.15, 0.2) is 0 Å². The van der Waals surface area contributed by atoms with Gasteiger partial charge in [0.1, 0.15) is 0 Å². The summed E-state index contributed by atoms with van der Waals surface area (Å²) in [5.41, 5.74) is 1.88. The molecule has 0 aliphatic carbocycles. The molecule has 0 amide bonds. The number of rotatable bonds is 6. The van der Waals surface area contributed by atoms with Crippen molar-refractivity contribution < 1.29 is 5.11 Å². The molecule has 82 valence electrons. The van der Waals surface area contributed by atoms with E-state index in [9.17, 15) is 5.11 Å².